The lowest BCUT2D eigenvalue weighted by Gasteiger charge is -2.40. The third-order valence-corrected chi connectivity index (χ3v) is 12.6. The van der Waals surface area contributed by atoms with Crippen molar-refractivity contribution in [1.29, 1.82) is 0 Å². The smallest absolute Gasteiger partial charge is 0.220 e. The maximum absolute atomic E-state index is 13.2. The first-order valence-corrected chi connectivity index (χ1v) is 25.5. The lowest BCUT2D eigenvalue weighted by Crippen LogP contribution is -2.60. The van der Waals surface area contributed by atoms with Crippen LogP contribution in [0.2, 0.25) is 0 Å². The Bertz CT molecular complexity index is 930. The highest BCUT2D eigenvalue weighted by Crippen LogP contribution is 2.23. The zero-order valence-corrected chi connectivity index (χ0v) is 39.1. The number of unbranched alkanes of at least 4 members (excludes halogenated alkanes) is 26. The Hall–Kier alpha value is -0.890. The third-order valence-electron chi connectivity index (χ3n) is 12.6. The molecular weight excluding hydrogens is 761 g/mol. The highest BCUT2D eigenvalue weighted by atomic mass is 16.7. The molecule has 0 bridgehead atoms. The maximum atomic E-state index is 13.2. The summed E-state index contributed by atoms with van der Waals surface area (Å²) in [5.74, 6) is -0.256. The average molecular weight is 859 g/mol. The molecule has 0 aromatic rings. The van der Waals surface area contributed by atoms with Crippen LogP contribution < -0.4 is 5.32 Å². The molecule has 11 heteroatoms. The highest BCUT2D eigenvalue weighted by Gasteiger charge is 2.44. The van der Waals surface area contributed by atoms with Gasteiger partial charge in [-0.2, -0.15) is 0 Å². The Labute approximate surface area is 368 Å². The van der Waals surface area contributed by atoms with Crippen LogP contribution in [-0.2, 0) is 14.3 Å². The van der Waals surface area contributed by atoms with Gasteiger partial charge in [0.15, 0.2) is 6.29 Å². The van der Waals surface area contributed by atoms with Gasteiger partial charge >= 0.3 is 0 Å². The van der Waals surface area contributed by atoms with E-state index < -0.39 is 55.6 Å². The molecule has 0 aromatic carbocycles. The molecule has 11 nitrogen and oxygen atoms in total. The van der Waals surface area contributed by atoms with E-state index in [4.69, 9.17) is 9.47 Å². The van der Waals surface area contributed by atoms with Crippen molar-refractivity contribution in [2.75, 3.05) is 32.8 Å². The van der Waals surface area contributed by atoms with Crippen molar-refractivity contribution in [2.45, 2.75) is 275 Å². The monoisotopic (exact) mass is 859 g/mol. The third kappa shape index (κ3) is 28.7. The average Bonchev–Trinajstić information content (AvgIpc) is 3.25. The van der Waals surface area contributed by atoms with Gasteiger partial charge in [0.05, 0.1) is 25.4 Å². The fourth-order valence-corrected chi connectivity index (χ4v) is 8.44. The summed E-state index contributed by atoms with van der Waals surface area (Å²) in [6.07, 6.45) is 27.5. The highest BCUT2D eigenvalue weighted by molar-refractivity contribution is 5.76. The molecule has 1 amide bonds. The summed E-state index contributed by atoms with van der Waals surface area (Å²) in [7, 11) is 0. The molecule has 0 spiro atoms. The van der Waals surface area contributed by atoms with Crippen LogP contribution in [0.5, 0.6) is 0 Å². The number of carbonyl (C=O) groups excluding carboxylic acids is 1. The molecule has 0 saturated carbocycles. The van der Waals surface area contributed by atoms with Gasteiger partial charge in [-0.25, -0.2) is 0 Å². The van der Waals surface area contributed by atoms with E-state index in [1.165, 1.54) is 154 Å². The molecule has 1 rings (SSSR count). The van der Waals surface area contributed by atoms with Crippen molar-refractivity contribution >= 4 is 5.91 Å². The Morgan fingerprint density at radius 3 is 1.40 bits per heavy atom. The summed E-state index contributed by atoms with van der Waals surface area (Å²) in [6.45, 7) is 9.41. The van der Waals surface area contributed by atoms with Crippen molar-refractivity contribution in [2.24, 2.45) is 0 Å². The molecule has 8 atom stereocenters. The molecule has 1 fully saturated rings. The molecule has 60 heavy (non-hydrogen) atoms. The zero-order valence-electron chi connectivity index (χ0n) is 39.1. The number of carbonyl (C=O) groups is 1. The van der Waals surface area contributed by atoms with E-state index in [9.17, 15) is 35.4 Å². The zero-order chi connectivity index (χ0) is 44.1. The van der Waals surface area contributed by atoms with Crippen molar-refractivity contribution < 1.29 is 44.9 Å². The lowest BCUT2D eigenvalue weighted by atomic mass is 9.98. The summed E-state index contributed by atoms with van der Waals surface area (Å²) in [5.41, 5.74) is 0. The number of aliphatic hydroxyl groups excluding tert-OH is 6. The van der Waals surface area contributed by atoms with Crippen molar-refractivity contribution in [1.82, 2.24) is 10.2 Å². The Morgan fingerprint density at radius 2 is 0.967 bits per heavy atom. The van der Waals surface area contributed by atoms with Gasteiger partial charge in [0.1, 0.15) is 30.5 Å². The topological polar surface area (TPSA) is 172 Å². The number of aliphatic hydroxyl groups is 6. The quantitative estimate of drug-likeness (QED) is 0.0294. The van der Waals surface area contributed by atoms with Gasteiger partial charge in [-0.3, -0.25) is 4.79 Å². The van der Waals surface area contributed by atoms with Crippen LogP contribution in [0.4, 0.5) is 0 Å². The molecule has 1 aliphatic rings. The molecule has 1 heterocycles. The SMILES string of the molecule is CCCCCCCCCCCCCCC[C@@H](O)[C@@H](O)[C@H](CO[C@H]1O[C@H](CO)[C@H](O)[C@H](O)[C@H]1O)NC(=O)CCCCCCCN(CCCCCCCC)CCCCCCCC. The second-order valence-corrected chi connectivity index (χ2v) is 18.2. The standard InChI is InChI=1S/C49H98N2O9/c1-4-7-10-13-16-17-18-19-20-21-22-24-29-34-42(53)45(55)41(40-59-49-48(58)47(57)46(56)43(39-52)60-49)50-44(54)35-30-25-23-28-33-38-51(36-31-26-14-11-8-5-2)37-32-27-15-12-9-6-3/h41-43,45-49,52-53,55-58H,4-40H2,1-3H3,(H,50,54)/t41-,42+,43+,45-,46-,47-,48+,49-/m0/s1. The van der Waals surface area contributed by atoms with Crippen molar-refractivity contribution in [3.63, 3.8) is 0 Å². The summed E-state index contributed by atoms with van der Waals surface area (Å²) in [4.78, 5) is 15.8. The molecule has 0 aliphatic carbocycles. The normalized spacial score (nSPS) is 21.1. The molecule has 0 radical (unpaired) electrons. The number of nitrogens with zero attached hydrogens (tertiary/aromatic N) is 1. The molecule has 358 valence electrons. The molecule has 7 N–H and O–H groups in total. The van der Waals surface area contributed by atoms with E-state index in [1.807, 2.05) is 0 Å². The van der Waals surface area contributed by atoms with Crippen LogP contribution >= 0.6 is 0 Å². The van der Waals surface area contributed by atoms with Crippen LogP contribution in [0.25, 0.3) is 0 Å². The maximum Gasteiger partial charge on any atom is 0.220 e. The van der Waals surface area contributed by atoms with Gasteiger partial charge in [0, 0.05) is 6.42 Å². The van der Waals surface area contributed by atoms with E-state index in [1.54, 1.807) is 0 Å². The van der Waals surface area contributed by atoms with Gasteiger partial charge in [0.2, 0.25) is 5.91 Å². The molecule has 1 saturated heterocycles. The first-order chi connectivity index (χ1) is 29.2. The second-order valence-electron chi connectivity index (χ2n) is 18.2. The Balaban J connectivity index is 2.55. The first-order valence-electron chi connectivity index (χ1n) is 25.5. The Kier molecular flexibility index (Phi) is 37.8. The fraction of sp³-hybridized carbons (Fsp3) is 0.980. The number of hydrogen-bond acceptors (Lipinski definition) is 10. The minimum absolute atomic E-state index is 0.256. The molecule has 1 aliphatic heterocycles. The number of hydrogen-bond donors (Lipinski definition) is 7. The van der Waals surface area contributed by atoms with Crippen LogP contribution in [0.1, 0.15) is 226 Å². The van der Waals surface area contributed by atoms with Crippen LogP contribution in [-0.4, -0.2) is 123 Å². The van der Waals surface area contributed by atoms with Crippen molar-refractivity contribution in [3.05, 3.63) is 0 Å². The minimum atomic E-state index is -1.61. The minimum Gasteiger partial charge on any atom is -0.394 e. The second kappa shape index (κ2) is 39.7. The molecule has 0 aromatic heterocycles. The predicted octanol–water partition coefficient (Wildman–Crippen LogP) is 8.85. The van der Waals surface area contributed by atoms with E-state index in [-0.39, 0.29) is 18.9 Å². The van der Waals surface area contributed by atoms with Gasteiger partial charge < -0.3 is 50.3 Å². The van der Waals surface area contributed by atoms with Gasteiger partial charge in [-0.15, -0.1) is 0 Å². The van der Waals surface area contributed by atoms with Crippen LogP contribution in [0.15, 0.2) is 0 Å². The summed E-state index contributed by atoms with van der Waals surface area (Å²) < 4.78 is 11.2. The van der Waals surface area contributed by atoms with Crippen LogP contribution in [0.3, 0.4) is 0 Å². The first kappa shape index (κ1) is 57.1. The number of ether oxygens (including phenoxy) is 2. The fourth-order valence-electron chi connectivity index (χ4n) is 8.44. The number of rotatable bonds is 43. The van der Waals surface area contributed by atoms with E-state index in [2.05, 4.69) is 31.0 Å². The van der Waals surface area contributed by atoms with E-state index in [0.717, 1.165) is 51.5 Å². The van der Waals surface area contributed by atoms with Gasteiger partial charge in [-0.1, -0.05) is 188 Å². The summed E-state index contributed by atoms with van der Waals surface area (Å²) in [6, 6.07) is -0.994. The van der Waals surface area contributed by atoms with Crippen LogP contribution in [0, 0.1) is 0 Å². The number of amides is 1. The van der Waals surface area contributed by atoms with Crippen molar-refractivity contribution in [3.8, 4) is 0 Å². The largest absolute Gasteiger partial charge is 0.394 e. The molecular formula is C49H98N2O9. The van der Waals surface area contributed by atoms with Gasteiger partial charge in [-0.05, 0) is 51.7 Å². The lowest BCUT2D eigenvalue weighted by molar-refractivity contribution is -0.303. The summed E-state index contributed by atoms with van der Waals surface area (Å²) in [5, 5.41) is 65.6. The van der Waals surface area contributed by atoms with E-state index >= 15 is 0 Å². The number of nitrogens with one attached hydrogen (secondary N) is 1. The Morgan fingerprint density at radius 1 is 0.567 bits per heavy atom. The summed E-state index contributed by atoms with van der Waals surface area (Å²) >= 11 is 0. The van der Waals surface area contributed by atoms with Gasteiger partial charge in [0.25, 0.3) is 0 Å². The predicted molar refractivity (Wildman–Crippen MR) is 245 cm³/mol. The van der Waals surface area contributed by atoms with E-state index in [0.29, 0.717) is 12.8 Å². The molecule has 0 unspecified atom stereocenters.